The number of halogens is 2. The van der Waals surface area contributed by atoms with E-state index in [1.807, 2.05) is 64.1 Å². The van der Waals surface area contributed by atoms with Crippen molar-refractivity contribution in [3.63, 3.8) is 0 Å². The largest absolute Gasteiger partial charge is 0.380 e. The number of primary amides is 2. The zero-order chi connectivity index (χ0) is 36.2. The third-order valence-corrected chi connectivity index (χ3v) is 9.44. The van der Waals surface area contributed by atoms with Gasteiger partial charge in [0.25, 0.3) is 0 Å². The number of imidazole rings is 2. The standard InChI is InChI=1S/C22H26ClN3O2.C16H22BrN3O2/c1-3-28-13-12-26-20-10-7-17(16-5-8-18(23)9-6-16)14-19(20)25-21(26)11-4-15(2)22(24)27;1-3-22-9-8-20-14-6-5-12(17)10-13(14)19-15(20)7-4-11(2)16(18)21/h5-10,14-15H,3-4,11-13H2,1-2H3,(H2,24,27);5-6,10-11H,3-4,7-9H2,1-2H3,(H2,18,21)/t15-;11-/m11/s1. The van der Waals surface area contributed by atoms with Crippen molar-refractivity contribution < 1.29 is 19.1 Å². The van der Waals surface area contributed by atoms with Crippen LogP contribution < -0.4 is 11.5 Å². The van der Waals surface area contributed by atoms with E-state index in [-0.39, 0.29) is 23.7 Å². The Kier molecular flexibility index (Phi) is 14.8. The predicted molar refractivity (Wildman–Crippen MR) is 204 cm³/mol. The van der Waals surface area contributed by atoms with Gasteiger partial charge in [0.1, 0.15) is 11.6 Å². The number of amides is 2. The quantitative estimate of drug-likeness (QED) is 0.0950. The lowest BCUT2D eigenvalue weighted by molar-refractivity contribution is -0.122. The summed E-state index contributed by atoms with van der Waals surface area (Å²) >= 11 is 9.48. The van der Waals surface area contributed by atoms with Gasteiger partial charge in [-0.3, -0.25) is 9.59 Å². The van der Waals surface area contributed by atoms with Crippen LogP contribution in [-0.4, -0.2) is 57.3 Å². The first-order valence-corrected chi connectivity index (χ1v) is 18.3. The molecule has 5 aromatic rings. The zero-order valence-corrected chi connectivity index (χ0v) is 31.7. The van der Waals surface area contributed by atoms with Gasteiger partial charge in [0.15, 0.2) is 0 Å². The molecule has 0 spiro atoms. The number of nitrogens with two attached hydrogens (primary N) is 2. The molecule has 0 fully saturated rings. The number of fused-ring (bicyclic) bond motifs is 2. The number of ether oxygens (including phenoxy) is 2. The van der Waals surface area contributed by atoms with Crippen molar-refractivity contribution in [2.45, 2.75) is 66.5 Å². The summed E-state index contributed by atoms with van der Waals surface area (Å²) in [4.78, 5) is 32.1. The van der Waals surface area contributed by atoms with Gasteiger partial charge in [-0.1, -0.05) is 59.6 Å². The van der Waals surface area contributed by atoms with Crippen molar-refractivity contribution in [2.75, 3.05) is 26.4 Å². The van der Waals surface area contributed by atoms with Gasteiger partial charge in [0, 0.05) is 60.5 Å². The number of nitrogens with zero attached hydrogens (tertiary/aromatic N) is 4. The minimum atomic E-state index is -0.276. The molecule has 0 aliphatic carbocycles. The molecule has 2 heterocycles. The average Bonchev–Trinajstić information content (AvgIpc) is 3.62. The van der Waals surface area contributed by atoms with Gasteiger partial charge in [-0.2, -0.15) is 0 Å². The molecule has 50 heavy (non-hydrogen) atoms. The van der Waals surface area contributed by atoms with Crippen molar-refractivity contribution in [1.82, 2.24) is 19.1 Å². The van der Waals surface area contributed by atoms with Crippen LogP contribution in [0.3, 0.4) is 0 Å². The Morgan fingerprint density at radius 1 is 0.740 bits per heavy atom. The van der Waals surface area contributed by atoms with Gasteiger partial charge in [-0.05, 0) is 80.3 Å². The van der Waals surface area contributed by atoms with E-state index in [2.05, 4.69) is 49.3 Å². The van der Waals surface area contributed by atoms with E-state index in [0.29, 0.717) is 45.7 Å². The van der Waals surface area contributed by atoms with Crippen LogP contribution in [0.4, 0.5) is 0 Å². The molecule has 0 unspecified atom stereocenters. The third kappa shape index (κ3) is 10.6. The molecule has 0 bridgehead atoms. The van der Waals surface area contributed by atoms with Crippen LogP contribution in [0.5, 0.6) is 0 Å². The highest BCUT2D eigenvalue weighted by molar-refractivity contribution is 9.10. The highest BCUT2D eigenvalue weighted by Gasteiger charge is 2.16. The van der Waals surface area contributed by atoms with E-state index in [0.717, 1.165) is 73.8 Å². The Labute approximate surface area is 307 Å². The van der Waals surface area contributed by atoms with E-state index in [9.17, 15) is 9.59 Å². The van der Waals surface area contributed by atoms with E-state index >= 15 is 0 Å². The Hall–Kier alpha value is -3.77. The Morgan fingerprint density at radius 3 is 1.68 bits per heavy atom. The number of carbonyl (C=O) groups excluding carboxylic acids is 2. The summed E-state index contributed by atoms with van der Waals surface area (Å²) in [6.45, 7) is 11.8. The Bertz CT molecular complexity index is 1870. The third-order valence-electron chi connectivity index (χ3n) is 8.69. The van der Waals surface area contributed by atoms with Crippen molar-refractivity contribution in [1.29, 1.82) is 0 Å². The summed E-state index contributed by atoms with van der Waals surface area (Å²) in [6.07, 6.45) is 2.80. The van der Waals surface area contributed by atoms with Crippen molar-refractivity contribution in [3.05, 3.63) is 81.8 Å². The molecule has 0 aliphatic heterocycles. The molecule has 10 nitrogen and oxygen atoms in total. The monoisotopic (exact) mass is 766 g/mol. The molecule has 5 rings (SSSR count). The second-order valence-electron chi connectivity index (χ2n) is 12.3. The first kappa shape index (κ1) is 39.0. The maximum Gasteiger partial charge on any atom is 0.220 e. The van der Waals surface area contributed by atoms with Gasteiger partial charge in [-0.15, -0.1) is 0 Å². The van der Waals surface area contributed by atoms with Gasteiger partial charge in [0.2, 0.25) is 11.8 Å². The first-order chi connectivity index (χ1) is 24.0. The molecule has 0 saturated heterocycles. The molecular formula is C38H48BrClN6O4. The topological polar surface area (TPSA) is 140 Å². The minimum absolute atomic E-state index is 0.146. The number of hydrogen-bond donors (Lipinski definition) is 2. The number of hydrogen-bond acceptors (Lipinski definition) is 6. The fourth-order valence-electron chi connectivity index (χ4n) is 5.61. The molecule has 2 atom stereocenters. The average molecular weight is 768 g/mol. The molecule has 2 aromatic heterocycles. The smallest absolute Gasteiger partial charge is 0.220 e. The van der Waals surface area contributed by atoms with Crippen molar-refractivity contribution in [3.8, 4) is 11.1 Å². The van der Waals surface area contributed by atoms with Crippen LogP contribution >= 0.6 is 27.5 Å². The van der Waals surface area contributed by atoms with E-state index in [4.69, 9.17) is 42.5 Å². The van der Waals surface area contributed by atoms with Gasteiger partial charge in [-0.25, -0.2) is 9.97 Å². The first-order valence-electron chi connectivity index (χ1n) is 17.2. The maximum absolute atomic E-state index is 11.4. The molecule has 3 aromatic carbocycles. The molecule has 0 radical (unpaired) electrons. The number of aromatic nitrogens is 4. The molecule has 0 aliphatic rings. The van der Waals surface area contributed by atoms with Gasteiger partial charge >= 0.3 is 0 Å². The lowest BCUT2D eigenvalue weighted by atomic mass is 10.1. The van der Waals surface area contributed by atoms with Crippen molar-refractivity contribution in [2.24, 2.45) is 23.3 Å². The summed E-state index contributed by atoms with van der Waals surface area (Å²) in [5, 5.41) is 0.718. The number of benzene rings is 3. The normalized spacial score (nSPS) is 12.5. The Balaban J connectivity index is 0.000000232. The predicted octanol–water partition coefficient (Wildman–Crippen LogP) is 7.34. The molecule has 0 saturated carbocycles. The van der Waals surface area contributed by atoms with E-state index in [1.165, 1.54) is 0 Å². The van der Waals surface area contributed by atoms with Crippen LogP contribution in [0.25, 0.3) is 33.2 Å². The minimum Gasteiger partial charge on any atom is -0.380 e. The SMILES string of the molecule is CCOCCn1c(CC[C@@H](C)C(N)=O)nc2cc(-c3ccc(Cl)cc3)ccc21.CCOCCn1c(CC[C@@H](C)C(N)=O)nc2cc(Br)ccc21. The van der Waals surface area contributed by atoms with Gasteiger partial charge < -0.3 is 30.1 Å². The van der Waals surface area contributed by atoms with Crippen LogP contribution in [0.1, 0.15) is 52.2 Å². The van der Waals surface area contributed by atoms with Crippen LogP contribution in [-0.2, 0) is 45.0 Å². The maximum atomic E-state index is 11.4. The second kappa shape index (κ2) is 19.0. The molecule has 4 N–H and O–H groups in total. The summed E-state index contributed by atoms with van der Waals surface area (Å²) in [5.41, 5.74) is 17.0. The molecule has 268 valence electrons. The van der Waals surface area contributed by atoms with Crippen molar-refractivity contribution >= 4 is 61.4 Å². The van der Waals surface area contributed by atoms with E-state index < -0.39 is 0 Å². The highest BCUT2D eigenvalue weighted by Crippen LogP contribution is 2.27. The zero-order valence-electron chi connectivity index (χ0n) is 29.3. The lowest BCUT2D eigenvalue weighted by Crippen LogP contribution is -2.21. The fraction of sp³-hybridized carbons (Fsp3) is 0.421. The second-order valence-corrected chi connectivity index (χ2v) is 13.6. The summed E-state index contributed by atoms with van der Waals surface area (Å²) < 4.78 is 16.4. The lowest BCUT2D eigenvalue weighted by Gasteiger charge is -2.11. The fourth-order valence-corrected chi connectivity index (χ4v) is 6.09. The van der Waals surface area contributed by atoms with Crippen LogP contribution in [0, 0.1) is 11.8 Å². The molecular weight excluding hydrogens is 720 g/mol. The summed E-state index contributed by atoms with van der Waals surface area (Å²) in [7, 11) is 0. The van der Waals surface area contributed by atoms with Crippen LogP contribution in [0.2, 0.25) is 5.02 Å². The molecule has 12 heteroatoms. The summed E-state index contributed by atoms with van der Waals surface area (Å²) in [6, 6.07) is 20.1. The number of carbonyl (C=O) groups is 2. The number of rotatable bonds is 17. The summed E-state index contributed by atoms with van der Waals surface area (Å²) in [5.74, 6) is 1.07. The van der Waals surface area contributed by atoms with Crippen LogP contribution in [0.15, 0.2) is 65.1 Å². The van der Waals surface area contributed by atoms with Gasteiger partial charge in [0.05, 0.1) is 35.3 Å². The number of aryl methyl sites for hydroxylation is 2. The van der Waals surface area contributed by atoms with E-state index in [1.54, 1.807) is 0 Å². The molecule has 2 amide bonds. The Morgan fingerprint density at radius 2 is 1.20 bits per heavy atom. The highest BCUT2D eigenvalue weighted by atomic mass is 79.9.